The first-order valence-corrected chi connectivity index (χ1v) is 12.8. The van der Waals surface area contributed by atoms with Crippen LogP contribution in [0.25, 0.3) is 10.9 Å². The Morgan fingerprint density at radius 1 is 0.649 bits per heavy atom. The van der Waals surface area contributed by atoms with Crippen LogP contribution < -0.4 is 10.1 Å². The van der Waals surface area contributed by atoms with Gasteiger partial charge in [-0.2, -0.15) is 0 Å². The van der Waals surface area contributed by atoms with Gasteiger partial charge in [0.2, 0.25) is 0 Å². The van der Waals surface area contributed by atoms with E-state index in [2.05, 4.69) is 101 Å². The lowest BCUT2D eigenvalue weighted by Gasteiger charge is -2.37. The fraction of sp³-hybridized carbons (Fsp3) is 0.156. The fourth-order valence-corrected chi connectivity index (χ4v) is 4.82. The maximum atomic E-state index is 5.97. The van der Waals surface area contributed by atoms with Crippen molar-refractivity contribution in [2.75, 3.05) is 26.4 Å². The average molecular weight is 509 g/mol. The van der Waals surface area contributed by atoms with Gasteiger partial charge in [-0.3, -0.25) is 5.32 Å². The fourth-order valence-electron chi connectivity index (χ4n) is 4.67. The van der Waals surface area contributed by atoms with Crippen LogP contribution in [0.2, 0.25) is 5.15 Å². The van der Waals surface area contributed by atoms with Crippen molar-refractivity contribution in [1.82, 2.24) is 10.3 Å². The first-order valence-electron chi connectivity index (χ1n) is 12.4. The molecule has 0 atom stereocenters. The molecule has 0 aliphatic carbocycles. The second-order valence-corrected chi connectivity index (χ2v) is 9.11. The molecule has 5 heteroatoms. The Bertz CT molecular complexity index is 1320. The maximum absolute atomic E-state index is 5.97. The molecule has 186 valence electrons. The number of nitrogens with one attached hydrogen (secondary N) is 1. The molecule has 0 radical (unpaired) electrons. The monoisotopic (exact) mass is 508 g/mol. The van der Waals surface area contributed by atoms with Crippen molar-refractivity contribution in [2.24, 2.45) is 0 Å². The van der Waals surface area contributed by atoms with Crippen LogP contribution in [-0.4, -0.2) is 31.3 Å². The molecule has 0 saturated carbocycles. The molecule has 0 aliphatic rings. The van der Waals surface area contributed by atoms with Crippen molar-refractivity contribution in [3.05, 3.63) is 143 Å². The zero-order valence-electron chi connectivity index (χ0n) is 20.5. The summed E-state index contributed by atoms with van der Waals surface area (Å²) in [6.07, 6.45) is 0. The van der Waals surface area contributed by atoms with E-state index in [1.54, 1.807) is 6.07 Å². The number of benzene rings is 4. The van der Waals surface area contributed by atoms with Gasteiger partial charge in [-0.15, -0.1) is 0 Å². The highest BCUT2D eigenvalue weighted by atomic mass is 35.5. The highest BCUT2D eigenvalue weighted by molar-refractivity contribution is 6.29. The van der Waals surface area contributed by atoms with Crippen LogP contribution in [0.1, 0.15) is 16.7 Å². The molecule has 5 rings (SSSR count). The van der Waals surface area contributed by atoms with Crippen LogP contribution in [0.4, 0.5) is 0 Å². The van der Waals surface area contributed by atoms with Gasteiger partial charge in [-0.25, -0.2) is 4.98 Å². The Morgan fingerprint density at radius 2 is 1.24 bits per heavy atom. The van der Waals surface area contributed by atoms with Crippen molar-refractivity contribution in [3.63, 3.8) is 0 Å². The third kappa shape index (κ3) is 5.83. The summed E-state index contributed by atoms with van der Waals surface area (Å²) in [5.74, 6) is 0.787. The first-order chi connectivity index (χ1) is 18.3. The number of hydrogen-bond donors (Lipinski definition) is 1. The van der Waals surface area contributed by atoms with Crippen LogP contribution >= 0.6 is 11.6 Å². The van der Waals surface area contributed by atoms with E-state index in [1.165, 1.54) is 16.7 Å². The number of fused-ring (bicyclic) bond motifs is 1. The van der Waals surface area contributed by atoms with Gasteiger partial charge in [0, 0.05) is 11.9 Å². The predicted molar refractivity (Wildman–Crippen MR) is 150 cm³/mol. The summed E-state index contributed by atoms with van der Waals surface area (Å²) in [5.41, 5.74) is 3.90. The molecule has 0 bridgehead atoms. The molecule has 5 aromatic rings. The molecular weight excluding hydrogens is 480 g/mol. The highest BCUT2D eigenvalue weighted by Gasteiger charge is 2.35. The van der Waals surface area contributed by atoms with Gasteiger partial charge in [-0.1, -0.05) is 103 Å². The molecule has 0 fully saturated rings. The molecule has 4 nitrogen and oxygen atoms in total. The second kappa shape index (κ2) is 12.0. The Kier molecular flexibility index (Phi) is 8.11. The molecule has 0 saturated heterocycles. The number of aromatic nitrogens is 1. The normalized spacial score (nSPS) is 11.5. The van der Waals surface area contributed by atoms with Crippen molar-refractivity contribution in [1.29, 1.82) is 0 Å². The minimum absolute atomic E-state index is 0.466. The summed E-state index contributed by atoms with van der Waals surface area (Å²) in [5, 5.41) is 5.31. The third-order valence-corrected chi connectivity index (χ3v) is 6.59. The zero-order chi connectivity index (χ0) is 25.3. The number of pyridine rings is 1. The van der Waals surface area contributed by atoms with Crippen LogP contribution in [0.3, 0.4) is 0 Å². The lowest BCUT2D eigenvalue weighted by molar-refractivity contribution is 0.0992. The van der Waals surface area contributed by atoms with E-state index in [0.29, 0.717) is 31.5 Å². The molecule has 0 unspecified atom stereocenters. The number of hydrogen-bond acceptors (Lipinski definition) is 4. The second-order valence-electron chi connectivity index (χ2n) is 8.72. The van der Waals surface area contributed by atoms with Gasteiger partial charge in [0.15, 0.2) is 0 Å². The summed E-state index contributed by atoms with van der Waals surface area (Å²) >= 11 is 5.97. The van der Waals surface area contributed by atoms with Crippen molar-refractivity contribution < 1.29 is 9.47 Å². The molecule has 4 aromatic carbocycles. The summed E-state index contributed by atoms with van der Waals surface area (Å²) in [7, 11) is 0. The van der Waals surface area contributed by atoms with E-state index in [1.807, 2.05) is 24.3 Å². The molecule has 0 spiro atoms. The highest BCUT2D eigenvalue weighted by Crippen LogP contribution is 2.36. The lowest BCUT2D eigenvalue weighted by Crippen LogP contribution is -2.46. The van der Waals surface area contributed by atoms with E-state index in [4.69, 9.17) is 21.1 Å². The average Bonchev–Trinajstić information content (AvgIpc) is 2.96. The molecular formula is C32H29ClN2O2. The van der Waals surface area contributed by atoms with Crippen molar-refractivity contribution >= 4 is 22.5 Å². The third-order valence-electron chi connectivity index (χ3n) is 6.38. The summed E-state index contributed by atoms with van der Waals surface area (Å²) < 4.78 is 11.8. The zero-order valence-corrected chi connectivity index (χ0v) is 21.3. The Morgan fingerprint density at radius 3 is 1.84 bits per heavy atom. The molecule has 37 heavy (non-hydrogen) atoms. The Balaban J connectivity index is 1.23. The van der Waals surface area contributed by atoms with Crippen LogP contribution in [0.5, 0.6) is 5.75 Å². The van der Waals surface area contributed by atoms with Crippen LogP contribution in [0, 0.1) is 0 Å². The Hall–Kier alpha value is -3.70. The molecule has 1 aromatic heterocycles. The first kappa shape index (κ1) is 25.0. The van der Waals surface area contributed by atoms with Crippen molar-refractivity contribution in [3.8, 4) is 5.75 Å². The lowest BCUT2D eigenvalue weighted by atomic mass is 9.77. The number of rotatable bonds is 11. The molecule has 1 heterocycles. The molecule has 0 aliphatic heterocycles. The van der Waals surface area contributed by atoms with E-state index < -0.39 is 5.54 Å². The van der Waals surface area contributed by atoms with Crippen LogP contribution in [-0.2, 0) is 10.3 Å². The largest absolute Gasteiger partial charge is 0.491 e. The minimum atomic E-state index is -0.494. The van der Waals surface area contributed by atoms with Crippen molar-refractivity contribution in [2.45, 2.75) is 5.54 Å². The maximum Gasteiger partial charge on any atom is 0.129 e. The van der Waals surface area contributed by atoms with E-state index in [9.17, 15) is 0 Å². The van der Waals surface area contributed by atoms with Gasteiger partial charge in [0.25, 0.3) is 0 Å². The van der Waals surface area contributed by atoms with E-state index in [-0.39, 0.29) is 0 Å². The standard InChI is InChI=1S/C32H29ClN2O2/c33-31-19-16-25-24-29(17-18-30(25)35-31)37-23-22-36-21-20-34-32(26-10-4-1-5-11-26,27-12-6-2-7-13-27)28-14-8-3-9-15-28/h1-19,24,34H,20-23H2. The minimum Gasteiger partial charge on any atom is -0.491 e. The summed E-state index contributed by atoms with van der Waals surface area (Å²) in [4.78, 5) is 4.31. The van der Waals surface area contributed by atoms with Gasteiger partial charge >= 0.3 is 0 Å². The SMILES string of the molecule is Clc1ccc2cc(OCCOCCNC(c3ccccc3)(c3ccccc3)c3ccccc3)ccc2n1. The quantitative estimate of drug-likeness (QED) is 0.120. The van der Waals surface area contributed by atoms with E-state index >= 15 is 0 Å². The Labute approximate surface area is 222 Å². The number of ether oxygens (including phenoxy) is 2. The molecule has 1 N–H and O–H groups in total. The van der Waals surface area contributed by atoms with Gasteiger partial charge in [-0.05, 0) is 47.0 Å². The van der Waals surface area contributed by atoms with E-state index in [0.717, 1.165) is 16.7 Å². The summed E-state index contributed by atoms with van der Waals surface area (Å²) in [6, 6.07) is 41.2. The van der Waals surface area contributed by atoms with Gasteiger partial charge < -0.3 is 9.47 Å². The molecule has 0 amide bonds. The summed E-state index contributed by atoms with van der Waals surface area (Å²) in [6.45, 7) is 2.18. The topological polar surface area (TPSA) is 43.4 Å². The van der Waals surface area contributed by atoms with Crippen LogP contribution in [0.15, 0.2) is 121 Å². The number of nitrogens with zero attached hydrogens (tertiary/aromatic N) is 1. The van der Waals surface area contributed by atoms with Gasteiger partial charge in [0.05, 0.1) is 24.3 Å². The number of halogens is 1. The van der Waals surface area contributed by atoms with Gasteiger partial charge in [0.1, 0.15) is 17.5 Å². The smallest absolute Gasteiger partial charge is 0.129 e. The predicted octanol–water partition coefficient (Wildman–Crippen LogP) is 6.87.